The SMILES string of the molecule is CCCC(c1ccc(F)cc1)[C@@H](CC)C(=O)O. The largest absolute Gasteiger partial charge is 0.481 e. The van der Waals surface area contributed by atoms with Crippen molar-refractivity contribution in [3.63, 3.8) is 0 Å². The Labute approximate surface area is 101 Å². The summed E-state index contributed by atoms with van der Waals surface area (Å²) in [6, 6.07) is 6.18. The minimum absolute atomic E-state index is 0.0249. The average Bonchev–Trinajstić information content (AvgIpc) is 2.29. The Bertz CT molecular complexity index is 359. The highest BCUT2D eigenvalue weighted by atomic mass is 19.1. The first-order valence-electron chi connectivity index (χ1n) is 6.08. The van der Waals surface area contributed by atoms with E-state index in [0.29, 0.717) is 6.42 Å². The molecule has 94 valence electrons. The van der Waals surface area contributed by atoms with Crippen molar-refractivity contribution >= 4 is 5.97 Å². The summed E-state index contributed by atoms with van der Waals surface area (Å²) < 4.78 is 12.9. The Hall–Kier alpha value is -1.38. The molecule has 0 aromatic heterocycles. The number of benzene rings is 1. The van der Waals surface area contributed by atoms with Gasteiger partial charge in [-0.1, -0.05) is 32.4 Å². The van der Waals surface area contributed by atoms with Crippen LogP contribution in [0.5, 0.6) is 0 Å². The van der Waals surface area contributed by atoms with Gasteiger partial charge >= 0.3 is 5.97 Å². The average molecular weight is 238 g/mol. The summed E-state index contributed by atoms with van der Waals surface area (Å²) >= 11 is 0. The van der Waals surface area contributed by atoms with Gasteiger partial charge in [0.15, 0.2) is 0 Å². The molecule has 1 N–H and O–H groups in total. The van der Waals surface area contributed by atoms with Crippen molar-refractivity contribution in [1.29, 1.82) is 0 Å². The molecule has 0 fully saturated rings. The second kappa shape index (κ2) is 6.38. The fourth-order valence-corrected chi connectivity index (χ4v) is 2.25. The molecule has 0 spiro atoms. The number of hydrogen-bond donors (Lipinski definition) is 1. The van der Waals surface area contributed by atoms with Crippen LogP contribution in [0.4, 0.5) is 4.39 Å². The van der Waals surface area contributed by atoms with Crippen molar-refractivity contribution in [2.75, 3.05) is 0 Å². The predicted molar refractivity (Wildman–Crippen MR) is 65.5 cm³/mol. The van der Waals surface area contributed by atoms with E-state index in [1.165, 1.54) is 12.1 Å². The molecule has 3 heteroatoms. The Kier molecular flexibility index (Phi) is 5.13. The summed E-state index contributed by atoms with van der Waals surface area (Å²) in [5.41, 5.74) is 0.919. The van der Waals surface area contributed by atoms with Crippen LogP contribution in [0.1, 0.15) is 44.6 Å². The Morgan fingerprint density at radius 2 is 1.88 bits per heavy atom. The molecule has 0 aliphatic heterocycles. The van der Waals surface area contributed by atoms with Crippen LogP contribution in [-0.4, -0.2) is 11.1 Å². The summed E-state index contributed by atoms with van der Waals surface area (Å²) in [5.74, 6) is -1.47. The van der Waals surface area contributed by atoms with Crippen molar-refractivity contribution in [2.24, 2.45) is 5.92 Å². The third kappa shape index (κ3) is 3.55. The van der Waals surface area contributed by atoms with Gasteiger partial charge in [-0.2, -0.15) is 0 Å². The second-order valence-corrected chi connectivity index (χ2v) is 4.30. The van der Waals surface area contributed by atoms with Gasteiger partial charge in [-0.15, -0.1) is 0 Å². The number of carboxylic acid groups (broad SMARTS) is 1. The number of carbonyl (C=O) groups is 1. The van der Waals surface area contributed by atoms with Crippen LogP contribution in [0, 0.1) is 11.7 Å². The highest BCUT2D eigenvalue weighted by Crippen LogP contribution is 2.31. The van der Waals surface area contributed by atoms with Gasteiger partial charge in [-0.05, 0) is 36.5 Å². The lowest BCUT2D eigenvalue weighted by molar-refractivity contribution is -0.142. The van der Waals surface area contributed by atoms with Crippen LogP contribution in [0.2, 0.25) is 0 Å². The molecule has 2 nitrogen and oxygen atoms in total. The zero-order chi connectivity index (χ0) is 12.8. The number of hydrogen-bond acceptors (Lipinski definition) is 1. The molecule has 0 saturated carbocycles. The van der Waals surface area contributed by atoms with E-state index in [1.54, 1.807) is 12.1 Å². The lowest BCUT2D eigenvalue weighted by Gasteiger charge is -2.23. The van der Waals surface area contributed by atoms with E-state index >= 15 is 0 Å². The zero-order valence-electron chi connectivity index (χ0n) is 10.3. The maximum absolute atomic E-state index is 12.9. The van der Waals surface area contributed by atoms with E-state index in [2.05, 4.69) is 0 Å². The Balaban J connectivity index is 2.98. The third-order valence-corrected chi connectivity index (χ3v) is 3.14. The van der Waals surface area contributed by atoms with Gasteiger partial charge < -0.3 is 5.11 Å². The molecule has 1 aromatic carbocycles. The lowest BCUT2D eigenvalue weighted by atomic mass is 9.81. The van der Waals surface area contributed by atoms with Crippen LogP contribution < -0.4 is 0 Å². The normalized spacial score (nSPS) is 14.3. The molecule has 1 unspecified atom stereocenters. The highest BCUT2D eigenvalue weighted by Gasteiger charge is 2.26. The van der Waals surface area contributed by atoms with Gasteiger partial charge in [0.25, 0.3) is 0 Å². The summed E-state index contributed by atoms with van der Waals surface area (Å²) in [4.78, 5) is 11.2. The molecular weight excluding hydrogens is 219 g/mol. The fraction of sp³-hybridized carbons (Fsp3) is 0.500. The molecule has 0 amide bonds. The van der Waals surface area contributed by atoms with Crippen LogP contribution in [0.15, 0.2) is 24.3 Å². The van der Waals surface area contributed by atoms with E-state index in [4.69, 9.17) is 0 Å². The summed E-state index contributed by atoms with van der Waals surface area (Å²) in [6.07, 6.45) is 2.33. The van der Waals surface area contributed by atoms with Crippen molar-refractivity contribution in [2.45, 2.75) is 39.0 Å². The molecule has 0 heterocycles. The number of halogens is 1. The predicted octanol–water partition coefficient (Wildman–Crippen LogP) is 3.82. The van der Waals surface area contributed by atoms with Gasteiger partial charge in [-0.3, -0.25) is 4.79 Å². The molecule has 0 aliphatic rings. The molecule has 1 aromatic rings. The first kappa shape index (κ1) is 13.7. The zero-order valence-corrected chi connectivity index (χ0v) is 10.3. The first-order chi connectivity index (χ1) is 8.10. The third-order valence-electron chi connectivity index (χ3n) is 3.14. The van der Waals surface area contributed by atoms with Gasteiger partial charge in [0.2, 0.25) is 0 Å². The van der Waals surface area contributed by atoms with Crippen LogP contribution in [0.3, 0.4) is 0 Å². The molecule has 0 aliphatic carbocycles. The monoisotopic (exact) mass is 238 g/mol. The highest BCUT2D eigenvalue weighted by molar-refractivity contribution is 5.71. The Morgan fingerprint density at radius 1 is 1.29 bits per heavy atom. The molecule has 1 rings (SSSR count). The van der Waals surface area contributed by atoms with E-state index in [9.17, 15) is 14.3 Å². The number of aliphatic carboxylic acids is 1. The standard InChI is InChI=1S/C14H19FO2/c1-3-5-13(12(4-2)14(16)17)10-6-8-11(15)9-7-10/h6-9,12-13H,3-5H2,1-2H3,(H,16,17)/t12-,13?/m1/s1. The van der Waals surface area contributed by atoms with Crippen molar-refractivity contribution < 1.29 is 14.3 Å². The van der Waals surface area contributed by atoms with Gasteiger partial charge in [-0.25, -0.2) is 4.39 Å². The van der Waals surface area contributed by atoms with Gasteiger partial charge in [0, 0.05) is 0 Å². The van der Waals surface area contributed by atoms with Crippen LogP contribution >= 0.6 is 0 Å². The lowest BCUT2D eigenvalue weighted by Crippen LogP contribution is -2.21. The minimum Gasteiger partial charge on any atom is -0.481 e. The summed E-state index contributed by atoms with van der Waals surface area (Å²) in [5, 5.41) is 9.21. The quantitative estimate of drug-likeness (QED) is 0.818. The number of rotatable bonds is 6. The van der Waals surface area contributed by atoms with Gasteiger partial charge in [0.05, 0.1) is 5.92 Å². The van der Waals surface area contributed by atoms with Crippen molar-refractivity contribution in [3.05, 3.63) is 35.6 Å². The topological polar surface area (TPSA) is 37.3 Å². The molecule has 0 bridgehead atoms. The fourth-order valence-electron chi connectivity index (χ4n) is 2.25. The van der Waals surface area contributed by atoms with E-state index in [-0.39, 0.29) is 17.7 Å². The number of carboxylic acids is 1. The summed E-state index contributed by atoms with van der Waals surface area (Å²) in [7, 11) is 0. The maximum atomic E-state index is 12.9. The Morgan fingerprint density at radius 3 is 2.29 bits per heavy atom. The minimum atomic E-state index is -0.768. The molecule has 2 atom stereocenters. The smallest absolute Gasteiger partial charge is 0.307 e. The first-order valence-corrected chi connectivity index (χ1v) is 6.08. The second-order valence-electron chi connectivity index (χ2n) is 4.30. The molecular formula is C14H19FO2. The molecule has 0 saturated heterocycles. The van der Waals surface area contributed by atoms with Crippen molar-refractivity contribution in [3.8, 4) is 0 Å². The molecule has 17 heavy (non-hydrogen) atoms. The van der Waals surface area contributed by atoms with Gasteiger partial charge in [0.1, 0.15) is 5.82 Å². The van der Waals surface area contributed by atoms with Crippen LogP contribution in [0.25, 0.3) is 0 Å². The van der Waals surface area contributed by atoms with E-state index in [0.717, 1.165) is 18.4 Å². The van der Waals surface area contributed by atoms with Crippen LogP contribution in [-0.2, 0) is 4.79 Å². The van der Waals surface area contributed by atoms with Crippen molar-refractivity contribution in [1.82, 2.24) is 0 Å². The van der Waals surface area contributed by atoms with E-state index < -0.39 is 5.97 Å². The summed E-state index contributed by atoms with van der Waals surface area (Å²) in [6.45, 7) is 3.91. The maximum Gasteiger partial charge on any atom is 0.307 e. The van der Waals surface area contributed by atoms with E-state index in [1.807, 2.05) is 13.8 Å². The molecule has 0 radical (unpaired) electrons.